The van der Waals surface area contributed by atoms with Gasteiger partial charge in [-0.2, -0.15) is 5.10 Å². The maximum Gasteiger partial charge on any atom is 0.0640 e. The van der Waals surface area contributed by atoms with Crippen molar-refractivity contribution in [1.82, 2.24) is 15.1 Å². The molecule has 0 saturated heterocycles. The first-order chi connectivity index (χ1) is 7.70. The minimum absolute atomic E-state index is 0.590. The van der Waals surface area contributed by atoms with Crippen LogP contribution in [0.2, 0.25) is 0 Å². The van der Waals surface area contributed by atoms with E-state index >= 15 is 0 Å². The summed E-state index contributed by atoms with van der Waals surface area (Å²) in [5.41, 5.74) is 1.21. The number of nitrogens with zero attached hydrogens (tertiary/aromatic N) is 2. The molecule has 16 heavy (non-hydrogen) atoms. The van der Waals surface area contributed by atoms with E-state index in [0.29, 0.717) is 6.04 Å². The first-order valence-electron chi connectivity index (χ1n) is 6.42. The number of nitrogens with one attached hydrogen (secondary N) is 1. The molecule has 2 rings (SSSR count). The molecule has 3 nitrogen and oxygen atoms in total. The molecule has 1 aromatic heterocycles. The molecule has 2 atom stereocenters. The molecular weight excluding hydrogens is 198 g/mol. The lowest BCUT2D eigenvalue weighted by molar-refractivity contribution is 0.342. The van der Waals surface area contributed by atoms with Crippen LogP contribution in [-0.4, -0.2) is 22.4 Å². The zero-order valence-electron chi connectivity index (χ0n) is 10.6. The lowest BCUT2D eigenvalue weighted by atomic mass is 9.93. The zero-order chi connectivity index (χ0) is 11.5. The third-order valence-electron chi connectivity index (χ3n) is 3.66. The minimum Gasteiger partial charge on any atom is -0.314 e. The van der Waals surface area contributed by atoms with E-state index in [2.05, 4.69) is 30.3 Å². The van der Waals surface area contributed by atoms with Gasteiger partial charge in [-0.25, -0.2) is 0 Å². The third kappa shape index (κ3) is 2.85. The predicted octanol–water partition coefficient (Wildman–Crippen LogP) is 1.99. The van der Waals surface area contributed by atoms with Crippen LogP contribution >= 0.6 is 0 Å². The SMILES string of the molecule is CCNC(Cc1ccn(C)n1)C(C)C1CC1. The molecule has 2 unspecified atom stereocenters. The first-order valence-corrected chi connectivity index (χ1v) is 6.42. The molecule has 1 fully saturated rings. The Bertz CT molecular complexity index is 328. The van der Waals surface area contributed by atoms with Crippen LogP contribution in [0.1, 0.15) is 32.4 Å². The highest BCUT2D eigenvalue weighted by Crippen LogP contribution is 2.38. The summed E-state index contributed by atoms with van der Waals surface area (Å²) in [6.45, 7) is 5.62. The molecule has 1 aliphatic rings. The van der Waals surface area contributed by atoms with Gasteiger partial charge in [0.05, 0.1) is 5.69 Å². The Balaban J connectivity index is 1.95. The number of aromatic nitrogens is 2. The Hall–Kier alpha value is -0.830. The molecule has 0 amide bonds. The average molecular weight is 221 g/mol. The van der Waals surface area contributed by atoms with Crippen LogP contribution < -0.4 is 5.32 Å². The third-order valence-corrected chi connectivity index (χ3v) is 3.66. The second-order valence-electron chi connectivity index (χ2n) is 5.05. The Morgan fingerprint density at radius 3 is 2.81 bits per heavy atom. The van der Waals surface area contributed by atoms with E-state index in [1.165, 1.54) is 18.5 Å². The van der Waals surface area contributed by atoms with Gasteiger partial charge in [0.15, 0.2) is 0 Å². The van der Waals surface area contributed by atoms with Crippen molar-refractivity contribution in [1.29, 1.82) is 0 Å². The fourth-order valence-electron chi connectivity index (χ4n) is 2.45. The Kier molecular flexibility index (Phi) is 3.64. The average Bonchev–Trinajstić information content (AvgIpc) is 3.02. The zero-order valence-corrected chi connectivity index (χ0v) is 10.6. The summed E-state index contributed by atoms with van der Waals surface area (Å²) in [6, 6.07) is 2.72. The van der Waals surface area contributed by atoms with E-state index < -0.39 is 0 Å². The number of hydrogen-bond acceptors (Lipinski definition) is 2. The topological polar surface area (TPSA) is 29.9 Å². The smallest absolute Gasteiger partial charge is 0.0640 e. The molecule has 1 N–H and O–H groups in total. The highest BCUT2D eigenvalue weighted by molar-refractivity contribution is 5.03. The van der Waals surface area contributed by atoms with Crippen molar-refractivity contribution in [3.8, 4) is 0 Å². The van der Waals surface area contributed by atoms with E-state index in [-0.39, 0.29) is 0 Å². The molecule has 0 bridgehead atoms. The summed E-state index contributed by atoms with van der Waals surface area (Å²) < 4.78 is 1.89. The van der Waals surface area contributed by atoms with Crippen LogP contribution in [0.4, 0.5) is 0 Å². The van der Waals surface area contributed by atoms with Crippen LogP contribution in [-0.2, 0) is 13.5 Å². The predicted molar refractivity (Wildman–Crippen MR) is 66.3 cm³/mol. The van der Waals surface area contributed by atoms with Gasteiger partial charge in [0, 0.05) is 25.7 Å². The molecule has 1 heterocycles. The van der Waals surface area contributed by atoms with Gasteiger partial charge in [-0.3, -0.25) is 4.68 Å². The van der Waals surface area contributed by atoms with Crippen molar-refractivity contribution in [2.75, 3.05) is 6.54 Å². The molecule has 0 aliphatic heterocycles. The van der Waals surface area contributed by atoms with Crippen LogP contribution in [0, 0.1) is 11.8 Å². The van der Waals surface area contributed by atoms with E-state index in [1.54, 1.807) is 0 Å². The van der Waals surface area contributed by atoms with Gasteiger partial charge in [-0.1, -0.05) is 13.8 Å². The minimum atomic E-state index is 0.590. The summed E-state index contributed by atoms with van der Waals surface area (Å²) in [6.07, 6.45) is 5.93. The number of likely N-dealkylation sites (N-methyl/N-ethyl adjacent to an activating group) is 1. The highest BCUT2D eigenvalue weighted by Gasteiger charge is 2.33. The molecule has 0 aromatic carbocycles. The highest BCUT2D eigenvalue weighted by atomic mass is 15.2. The standard InChI is InChI=1S/C13H23N3/c1-4-14-13(10(2)11-5-6-11)9-12-7-8-16(3)15-12/h7-8,10-11,13-14H,4-6,9H2,1-3H3. The van der Waals surface area contributed by atoms with Crippen LogP contribution in [0.5, 0.6) is 0 Å². The monoisotopic (exact) mass is 221 g/mol. The fraction of sp³-hybridized carbons (Fsp3) is 0.769. The van der Waals surface area contributed by atoms with Crippen molar-refractivity contribution in [2.45, 2.75) is 39.2 Å². The maximum absolute atomic E-state index is 4.47. The first kappa shape index (κ1) is 11.6. The van der Waals surface area contributed by atoms with Crippen molar-refractivity contribution in [3.05, 3.63) is 18.0 Å². The normalized spacial score (nSPS) is 19.7. The number of rotatable bonds is 6. The Labute approximate surface area is 98.2 Å². The van der Waals surface area contributed by atoms with Gasteiger partial charge in [-0.05, 0) is 37.3 Å². The molecule has 0 radical (unpaired) electrons. The van der Waals surface area contributed by atoms with E-state index in [0.717, 1.165) is 24.8 Å². The molecule has 0 spiro atoms. The fourth-order valence-corrected chi connectivity index (χ4v) is 2.45. The molecular formula is C13H23N3. The summed E-state index contributed by atoms with van der Waals surface area (Å²) in [5.74, 6) is 1.73. The molecule has 1 saturated carbocycles. The largest absolute Gasteiger partial charge is 0.314 e. The summed E-state index contributed by atoms with van der Waals surface area (Å²) in [5, 5.41) is 8.08. The summed E-state index contributed by atoms with van der Waals surface area (Å²) in [7, 11) is 1.98. The number of aryl methyl sites for hydroxylation is 1. The Morgan fingerprint density at radius 2 is 2.31 bits per heavy atom. The summed E-state index contributed by atoms with van der Waals surface area (Å²) >= 11 is 0. The van der Waals surface area contributed by atoms with Gasteiger partial charge in [0.2, 0.25) is 0 Å². The van der Waals surface area contributed by atoms with Crippen molar-refractivity contribution in [3.63, 3.8) is 0 Å². The molecule has 1 aromatic rings. The van der Waals surface area contributed by atoms with Gasteiger partial charge >= 0.3 is 0 Å². The van der Waals surface area contributed by atoms with Crippen molar-refractivity contribution < 1.29 is 0 Å². The molecule has 3 heteroatoms. The lowest BCUT2D eigenvalue weighted by Gasteiger charge is -2.24. The molecule has 1 aliphatic carbocycles. The van der Waals surface area contributed by atoms with Crippen molar-refractivity contribution in [2.24, 2.45) is 18.9 Å². The van der Waals surface area contributed by atoms with Gasteiger partial charge in [0.1, 0.15) is 0 Å². The van der Waals surface area contributed by atoms with Crippen LogP contribution in [0.25, 0.3) is 0 Å². The van der Waals surface area contributed by atoms with Crippen LogP contribution in [0.15, 0.2) is 12.3 Å². The molecule has 90 valence electrons. The van der Waals surface area contributed by atoms with E-state index in [4.69, 9.17) is 0 Å². The van der Waals surface area contributed by atoms with Gasteiger partial charge in [0.25, 0.3) is 0 Å². The summed E-state index contributed by atoms with van der Waals surface area (Å²) in [4.78, 5) is 0. The second-order valence-corrected chi connectivity index (χ2v) is 5.05. The van der Waals surface area contributed by atoms with Crippen molar-refractivity contribution >= 4 is 0 Å². The number of hydrogen-bond donors (Lipinski definition) is 1. The van der Waals surface area contributed by atoms with Crippen LogP contribution in [0.3, 0.4) is 0 Å². The van der Waals surface area contributed by atoms with Gasteiger partial charge in [-0.15, -0.1) is 0 Å². The quantitative estimate of drug-likeness (QED) is 0.796. The van der Waals surface area contributed by atoms with Gasteiger partial charge < -0.3 is 5.32 Å². The van der Waals surface area contributed by atoms with E-state index in [9.17, 15) is 0 Å². The lowest BCUT2D eigenvalue weighted by Crippen LogP contribution is -2.37. The second kappa shape index (κ2) is 5.00. The Morgan fingerprint density at radius 1 is 1.56 bits per heavy atom. The maximum atomic E-state index is 4.47. The van der Waals surface area contributed by atoms with E-state index in [1.807, 2.05) is 17.9 Å².